The zero-order valence-electron chi connectivity index (χ0n) is 13.7. The molecule has 0 heterocycles. The summed E-state index contributed by atoms with van der Waals surface area (Å²) in [5.41, 5.74) is 0.0122. The first-order valence-electron chi connectivity index (χ1n) is 8.28. The fourth-order valence-corrected chi connectivity index (χ4v) is 6.31. The molecular weight excluding hydrogens is 255 g/mol. The van der Waals surface area contributed by atoms with Crippen LogP contribution in [0, 0.1) is 11.8 Å². The first-order valence-corrected chi connectivity index (χ1v) is 10.2. The Bertz CT molecular complexity index is 261. The van der Waals surface area contributed by atoms with Crippen LogP contribution in [0.4, 0.5) is 0 Å². The van der Waals surface area contributed by atoms with Crippen LogP contribution in [-0.2, 0) is 4.57 Å². The molecule has 1 N–H and O–H groups in total. The predicted octanol–water partition coefficient (Wildman–Crippen LogP) is 5.69. The van der Waals surface area contributed by atoms with Gasteiger partial charge in [-0.2, -0.15) is 0 Å². The second kappa shape index (κ2) is 10.00. The standard InChI is InChI=1S/C16H35O2P/c1-6-11-12-14(7-2)13-19(17,18)16(10-5)15(8-3)9-4/h14-16H,6-13H2,1-5H3,(H,17,18). The average Bonchev–Trinajstić information content (AvgIpc) is 2.39. The topological polar surface area (TPSA) is 37.3 Å². The minimum absolute atomic E-state index is 0.0122. The maximum atomic E-state index is 12.8. The summed E-state index contributed by atoms with van der Waals surface area (Å²) in [7, 11) is -3.00. The summed E-state index contributed by atoms with van der Waals surface area (Å²) in [6, 6.07) is 0. The van der Waals surface area contributed by atoms with Crippen LogP contribution >= 0.6 is 7.37 Å². The third kappa shape index (κ3) is 6.45. The van der Waals surface area contributed by atoms with Crippen molar-refractivity contribution in [3.8, 4) is 0 Å². The quantitative estimate of drug-likeness (QED) is 0.496. The van der Waals surface area contributed by atoms with Crippen molar-refractivity contribution in [3.05, 3.63) is 0 Å². The van der Waals surface area contributed by atoms with Crippen LogP contribution < -0.4 is 0 Å². The molecule has 0 aromatic carbocycles. The first-order chi connectivity index (χ1) is 8.96. The van der Waals surface area contributed by atoms with Crippen molar-refractivity contribution in [2.45, 2.75) is 85.2 Å². The Balaban J connectivity index is 4.75. The van der Waals surface area contributed by atoms with E-state index < -0.39 is 7.37 Å². The summed E-state index contributed by atoms with van der Waals surface area (Å²) < 4.78 is 12.8. The lowest BCUT2D eigenvalue weighted by Crippen LogP contribution is -2.23. The molecule has 19 heavy (non-hydrogen) atoms. The van der Waals surface area contributed by atoms with Crippen LogP contribution in [0.25, 0.3) is 0 Å². The van der Waals surface area contributed by atoms with Gasteiger partial charge in [-0.15, -0.1) is 0 Å². The third-order valence-corrected chi connectivity index (χ3v) is 7.46. The van der Waals surface area contributed by atoms with Crippen molar-refractivity contribution in [2.24, 2.45) is 11.8 Å². The summed E-state index contributed by atoms with van der Waals surface area (Å²) in [5, 5.41) is 0. The van der Waals surface area contributed by atoms with Gasteiger partial charge in [-0.3, -0.25) is 4.57 Å². The van der Waals surface area contributed by atoms with Gasteiger partial charge >= 0.3 is 0 Å². The van der Waals surface area contributed by atoms with Crippen LogP contribution in [0.3, 0.4) is 0 Å². The fourth-order valence-electron chi connectivity index (χ4n) is 3.20. The van der Waals surface area contributed by atoms with Gasteiger partial charge in [0.25, 0.3) is 0 Å². The summed E-state index contributed by atoms with van der Waals surface area (Å²) in [5.74, 6) is 0.837. The summed E-state index contributed by atoms with van der Waals surface area (Å²) in [4.78, 5) is 10.6. The molecule has 0 saturated carbocycles. The van der Waals surface area contributed by atoms with Crippen LogP contribution in [0.15, 0.2) is 0 Å². The second-order valence-corrected chi connectivity index (χ2v) is 8.45. The molecule has 2 nitrogen and oxygen atoms in total. The lowest BCUT2D eigenvalue weighted by molar-refractivity contribution is 0.379. The Kier molecular flexibility index (Phi) is 10.1. The maximum Gasteiger partial charge on any atom is 0.204 e. The second-order valence-electron chi connectivity index (χ2n) is 5.91. The van der Waals surface area contributed by atoms with Gasteiger partial charge in [-0.25, -0.2) is 0 Å². The van der Waals surface area contributed by atoms with E-state index >= 15 is 0 Å². The normalized spacial score (nSPS) is 18.3. The van der Waals surface area contributed by atoms with E-state index in [2.05, 4.69) is 34.6 Å². The van der Waals surface area contributed by atoms with Gasteiger partial charge in [0.05, 0.1) is 0 Å². The van der Waals surface area contributed by atoms with E-state index in [1.807, 2.05) is 0 Å². The summed E-state index contributed by atoms with van der Waals surface area (Å²) >= 11 is 0. The van der Waals surface area contributed by atoms with Gasteiger partial charge in [0, 0.05) is 11.8 Å². The lowest BCUT2D eigenvalue weighted by atomic mass is 9.97. The molecule has 3 heteroatoms. The number of unbranched alkanes of at least 4 members (excludes halogenated alkanes) is 1. The first kappa shape index (κ1) is 19.2. The van der Waals surface area contributed by atoms with E-state index in [1.165, 1.54) is 12.8 Å². The van der Waals surface area contributed by atoms with E-state index in [0.29, 0.717) is 18.0 Å². The number of hydrogen-bond donors (Lipinski definition) is 1. The monoisotopic (exact) mass is 290 g/mol. The van der Waals surface area contributed by atoms with Gasteiger partial charge in [0.15, 0.2) is 0 Å². The van der Waals surface area contributed by atoms with E-state index in [9.17, 15) is 9.46 Å². The average molecular weight is 290 g/mol. The zero-order chi connectivity index (χ0) is 14.9. The van der Waals surface area contributed by atoms with E-state index in [1.54, 1.807) is 0 Å². The molecular formula is C16H35O2P. The minimum atomic E-state index is -3.00. The smallest absolute Gasteiger partial charge is 0.204 e. The van der Waals surface area contributed by atoms with Gasteiger partial charge in [0.2, 0.25) is 7.37 Å². The molecule has 0 aliphatic carbocycles. The molecule has 0 aliphatic heterocycles. The van der Waals surface area contributed by atoms with E-state index in [-0.39, 0.29) is 5.66 Å². The van der Waals surface area contributed by atoms with Crippen LogP contribution in [0.1, 0.15) is 79.6 Å². The molecule has 0 aromatic heterocycles. The molecule has 0 radical (unpaired) electrons. The van der Waals surface area contributed by atoms with Crippen molar-refractivity contribution >= 4 is 7.37 Å². The number of hydrogen-bond acceptors (Lipinski definition) is 1. The van der Waals surface area contributed by atoms with E-state index in [4.69, 9.17) is 0 Å². The zero-order valence-corrected chi connectivity index (χ0v) is 14.6. The molecule has 0 rings (SSSR count). The van der Waals surface area contributed by atoms with Gasteiger partial charge in [-0.05, 0) is 24.7 Å². The molecule has 0 spiro atoms. The van der Waals surface area contributed by atoms with Crippen molar-refractivity contribution < 1.29 is 9.46 Å². The maximum absolute atomic E-state index is 12.8. The Hall–Kier alpha value is 0.190. The molecule has 0 amide bonds. The molecule has 3 unspecified atom stereocenters. The highest BCUT2D eigenvalue weighted by Gasteiger charge is 2.35. The van der Waals surface area contributed by atoms with Crippen LogP contribution in [0.5, 0.6) is 0 Å². The summed E-state index contributed by atoms with van der Waals surface area (Å²) in [6.45, 7) is 10.7. The molecule has 0 fully saturated rings. The predicted molar refractivity (Wildman–Crippen MR) is 86.1 cm³/mol. The Labute approximate surface area is 120 Å². The Morgan fingerprint density at radius 3 is 1.89 bits per heavy atom. The van der Waals surface area contributed by atoms with Gasteiger partial charge in [0.1, 0.15) is 0 Å². The highest BCUT2D eigenvalue weighted by atomic mass is 31.2. The molecule has 116 valence electrons. The highest BCUT2D eigenvalue weighted by molar-refractivity contribution is 7.58. The van der Waals surface area contributed by atoms with Crippen LogP contribution in [-0.4, -0.2) is 16.7 Å². The van der Waals surface area contributed by atoms with Crippen molar-refractivity contribution in [2.75, 3.05) is 6.16 Å². The molecule has 0 aromatic rings. The third-order valence-electron chi connectivity index (χ3n) is 4.59. The Morgan fingerprint density at radius 1 is 0.947 bits per heavy atom. The van der Waals surface area contributed by atoms with Crippen LogP contribution in [0.2, 0.25) is 0 Å². The minimum Gasteiger partial charge on any atom is -0.344 e. The molecule has 0 saturated heterocycles. The fraction of sp³-hybridized carbons (Fsp3) is 1.00. The van der Waals surface area contributed by atoms with Gasteiger partial charge in [-0.1, -0.05) is 66.7 Å². The van der Waals surface area contributed by atoms with Crippen molar-refractivity contribution in [3.63, 3.8) is 0 Å². The Morgan fingerprint density at radius 2 is 1.53 bits per heavy atom. The van der Waals surface area contributed by atoms with Gasteiger partial charge < -0.3 is 4.89 Å². The lowest BCUT2D eigenvalue weighted by Gasteiger charge is -2.31. The molecule has 0 aliphatic rings. The molecule has 0 bridgehead atoms. The number of rotatable bonds is 11. The van der Waals surface area contributed by atoms with Crippen molar-refractivity contribution in [1.82, 2.24) is 0 Å². The van der Waals surface area contributed by atoms with Crippen molar-refractivity contribution in [1.29, 1.82) is 0 Å². The largest absolute Gasteiger partial charge is 0.344 e. The molecule has 3 atom stereocenters. The van der Waals surface area contributed by atoms with E-state index in [0.717, 1.165) is 32.1 Å². The SMILES string of the molecule is CCCCC(CC)CP(=O)(O)C(CC)C(CC)CC. The highest BCUT2D eigenvalue weighted by Crippen LogP contribution is 2.54. The summed E-state index contributed by atoms with van der Waals surface area (Å²) in [6.07, 6.45) is 7.91.